The molecule has 0 saturated heterocycles. The number of fused-ring (bicyclic) bond motifs is 1. The zero-order chi connectivity index (χ0) is 12.6. The maximum atomic E-state index is 11.1. The third kappa shape index (κ3) is 1.84. The first-order valence-corrected chi connectivity index (χ1v) is 4.80. The number of rotatable bonds is 3. The van der Waals surface area contributed by atoms with Crippen molar-refractivity contribution >= 4 is 22.4 Å². The minimum absolute atomic E-state index is 0.104. The molecule has 0 saturated carbocycles. The van der Waals surface area contributed by atoms with E-state index in [2.05, 4.69) is 0 Å². The van der Waals surface area contributed by atoms with Gasteiger partial charge in [0.05, 0.1) is 12.0 Å². The maximum Gasteiger partial charge on any atom is 0.311 e. The largest absolute Gasteiger partial charge is 0.490 e. The molecule has 2 rings (SSSR count). The molecule has 0 unspecified atom stereocenters. The fourth-order valence-electron chi connectivity index (χ4n) is 1.54. The number of furan rings is 1. The Morgan fingerprint density at radius 2 is 2.12 bits per heavy atom. The summed E-state index contributed by atoms with van der Waals surface area (Å²) in [6.45, 7) is 1.36. The van der Waals surface area contributed by atoms with Crippen molar-refractivity contribution in [2.75, 3.05) is 7.11 Å². The smallest absolute Gasteiger partial charge is 0.311 e. The molecular weight excluding hydrogens is 226 g/mol. The van der Waals surface area contributed by atoms with Gasteiger partial charge in [-0.2, -0.15) is 0 Å². The predicted octanol–water partition coefficient (Wildman–Crippen LogP) is 2.55. The predicted molar refractivity (Wildman–Crippen MR) is 59.4 cm³/mol. The van der Waals surface area contributed by atoms with Gasteiger partial charge in [0.15, 0.2) is 11.5 Å². The molecule has 17 heavy (non-hydrogen) atoms. The lowest BCUT2D eigenvalue weighted by atomic mass is 10.2. The molecule has 0 radical (unpaired) electrons. The molecule has 88 valence electrons. The van der Waals surface area contributed by atoms with E-state index in [0.717, 1.165) is 0 Å². The Kier molecular flexibility index (Phi) is 2.55. The molecule has 0 bridgehead atoms. The van der Waals surface area contributed by atoms with Gasteiger partial charge in [-0.15, -0.1) is 0 Å². The van der Waals surface area contributed by atoms with Crippen molar-refractivity contribution in [3.63, 3.8) is 0 Å². The minimum atomic E-state index is -0.543. The highest BCUT2D eigenvalue weighted by Gasteiger charge is 2.18. The Balaban J connectivity index is 2.70. The molecule has 6 heteroatoms. The first-order chi connectivity index (χ1) is 8.02. The van der Waals surface area contributed by atoms with Crippen LogP contribution >= 0.6 is 0 Å². The maximum absolute atomic E-state index is 11.1. The third-order valence-electron chi connectivity index (χ3n) is 2.36. The van der Waals surface area contributed by atoms with Gasteiger partial charge in [0.1, 0.15) is 5.58 Å². The lowest BCUT2D eigenvalue weighted by Gasteiger charge is -2.00. The standard InChI is InChI=1S/C11H9NO5/c1-6(13)9-4-7-3-8(12(14)15)11(16-2)5-10(7)17-9/h3-5H,1-2H3. The number of hydrogen-bond acceptors (Lipinski definition) is 5. The molecule has 1 aromatic heterocycles. The Labute approximate surface area is 95.9 Å². The number of carbonyl (C=O) groups is 1. The summed E-state index contributed by atoms with van der Waals surface area (Å²) in [5.74, 6) is 0.0392. The summed E-state index contributed by atoms with van der Waals surface area (Å²) in [6, 6.07) is 4.20. The summed E-state index contributed by atoms with van der Waals surface area (Å²) in [5, 5.41) is 11.3. The highest BCUT2D eigenvalue weighted by atomic mass is 16.6. The Morgan fingerprint density at radius 3 is 2.65 bits per heavy atom. The highest BCUT2D eigenvalue weighted by molar-refractivity contribution is 5.96. The van der Waals surface area contributed by atoms with E-state index in [0.29, 0.717) is 11.0 Å². The van der Waals surface area contributed by atoms with E-state index >= 15 is 0 Å². The topological polar surface area (TPSA) is 82.6 Å². The van der Waals surface area contributed by atoms with Crippen molar-refractivity contribution in [2.45, 2.75) is 6.92 Å². The highest BCUT2D eigenvalue weighted by Crippen LogP contribution is 2.33. The molecule has 6 nitrogen and oxygen atoms in total. The second-order valence-corrected chi connectivity index (χ2v) is 3.49. The molecule has 0 amide bonds. The second-order valence-electron chi connectivity index (χ2n) is 3.49. The Hall–Kier alpha value is -2.37. The quantitative estimate of drug-likeness (QED) is 0.463. The van der Waals surface area contributed by atoms with E-state index in [-0.39, 0.29) is 23.0 Å². The van der Waals surface area contributed by atoms with E-state index < -0.39 is 4.92 Å². The number of nitro benzene ring substituents is 1. The van der Waals surface area contributed by atoms with E-state index in [1.807, 2.05) is 0 Å². The number of ether oxygens (including phenoxy) is 1. The molecule has 1 heterocycles. The van der Waals surface area contributed by atoms with Gasteiger partial charge in [0.2, 0.25) is 5.75 Å². The SMILES string of the molecule is COc1cc2oc(C(C)=O)cc2cc1[N+](=O)[O-]. The molecule has 0 spiro atoms. The van der Waals surface area contributed by atoms with Gasteiger partial charge in [-0.05, 0) is 6.07 Å². The van der Waals surface area contributed by atoms with Crippen molar-refractivity contribution in [3.05, 3.63) is 34.1 Å². The lowest BCUT2D eigenvalue weighted by molar-refractivity contribution is -0.385. The summed E-state index contributed by atoms with van der Waals surface area (Å²) >= 11 is 0. The van der Waals surface area contributed by atoms with Gasteiger partial charge in [0, 0.05) is 24.4 Å². The van der Waals surface area contributed by atoms with Crippen LogP contribution < -0.4 is 4.74 Å². The number of ketones is 1. The van der Waals surface area contributed by atoms with Gasteiger partial charge in [-0.25, -0.2) is 0 Å². The van der Waals surface area contributed by atoms with Crippen molar-refractivity contribution in [1.82, 2.24) is 0 Å². The van der Waals surface area contributed by atoms with Crippen LogP contribution in [0.1, 0.15) is 17.5 Å². The third-order valence-corrected chi connectivity index (χ3v) is 2.36. The van der Waals surface area contributed by atoms with E-state index in [9.17, 15) is 14.9 Å². The van der Waals surface area contributed by atoms with Crippen molar-refractivity contribution in [2.24, 2.45) is 0 Å². The normalized spacial score (nSPS) is 10.5. The van der Waals surface area contributed by atoms with Crippen molar-refractivity contribution in [1.29, 1.82) is 0 Å². The monoisotopic (exact) mass is 235 g/mol. The number of benzene rings is 1. The summed E-state index contributed by atoms with van der Waals surface area (Å²) < 4.78 is 10.2. The number of nitrogens with zero attached hydrogens (tertiary/aromatic N) is 1. The van der Waals surface area contributed by atoms with Crippen molar-refractivity contribution in [3.8, 4) is 5.75 Å². The average Bonchev–Trinajstić information content (AvgIpc) is 2.69. The zero-order valence-electron chi connectivity index (χ0n) is 9.22. The van der Waals surface area contributed by atoms with Crippen LogP contribution in [0.15, 0.2) is 22.6 Å². The average molecular weight is 235 g/mol. The Morgan fingerprint density at radius 1 is 1.41 bits per heavy atom. The van der Waals surface area contributed by atoms with Crippen LogP contribution in [0.2, 0.25) is 0 Å². The molecule has 2 aromatic rings. The van der Waals surface area contributed by atoms with Crippen LogP contribution in [0, 0.1) is 10.1 Å². The lowest BCUT2D eigenvalue weighted by Crippen LogP contribution is -1.92. The van der Waals surface area contributed by atoms with Crippen LogP contribution in [0.5, 0.6) is 5.75 Å². The van der Waals surface area contributed by atoms with Crippen molar-refractivity contribution < 1.29 is 18.9 Å². The number of carbonyl (C=O) groups excluding carboxylic acids is 1. The van der Waals surface area contributed by atoms with Gasteiger partial charge >= 0.3 is 5.69 Å². The molecule has 0 N–H and O–H groups in total. The first-order valence-electron chi connectivity index (χ1n) is 4.80. The van der Waals surface area contributed by atoms with Crippen LogP contribution in [0.4, 0.5) is 5.69 Å². The number of methoxy groups -OCH3 is 1. The van der Waals surface area contributed by atoms with Gasteiger partial charge in [-0.3, -0.25) is 14.9 Å². The molecule has 0 aliphatic carbocycles. The van der Waals surface area contributed by atoms with Gasteiger partial charge in [0.25, 0.3) is 0 Å². The number of nitro groups is 1. The van der Waals surface area contributed by atoms with E-state index in [4.69, 9.17) is 9.15 Å². The van der Waals surface area contributed by atoms with Crippen LogP contribution in [-0.2, 0) is 0 Å². The molecular formula is C11H9NO5. The summed E-state index contributed by atoms with van der Waals surface area (Å²) in [4.78, 5) is 21.4. The summed E-state index contributed by atoms with van der Waals surface area (Å²) in [6.07, 6.45) is 0. The first kappa shape index (κ1) is 11.1. The fourth-order valence-corrected chi connectivity index (χ4v) is 1.54. The minimum Gasteiger partial charge on any atom is -0.490 e. The molecule has 0 atom stereocenters. The number of Topliss-reactive ketones (excluding diaryl/α,β-unsaturated/α-hetero) is 1. The molecule has 0 fully saturated rings. The van der Waals surface area contributed by atoms with Gasteiger partial charge in [-0.1, -0.05) is 0 Å². The Bertz CT molecular complexity index is 614. The van der Waals surface area contributed by atoms with E-state index in [1.165, 1.54) is 32.2 Å². The van der Waals surface area contributed by atoms with Crippen LogP contribution in [-0.4, -0.2) is 17.8 Å². The summed E-state index contributed by atoms with van der Waals surface area (Å²) in [5.41, 5.74) is 0.230. The molecule has 1 aromatic carbocycles. The van der Waals surface area contributed by atoms with E-state index in [1.54, 1.807) is 0 Å². The van der Waals surface area contributed by atoms with Crippen LogP contribution in [0.3, 0.4) is 0 Å². The molecule has 0 aliphatic heterocycles. The fraction of sp³-hybridized carbons (Fsp3) is 0.182. The second kappa shape index (κ2) is 3.89. The molecule has 0 aliphatic rings. The zero-order valence-corrected chi connectivity index (χ0v) is 9.22. The number of hydrogen-bond donors (Lipinski definition) is 0. The van der Waals surface area contributed by atoms with Crippen LogP contribution in [0.25, 0.3) is 11.0 Å². The van der Waals surface area contributed by atoms with Gasteiger partial charge < -0.3 is 9.15 Å². The summed E-state index contributed by atoms with van der Waals surface area (Å²) in [7, 11) is 1.34.